The number of furan rings is 1. The van der Waals surface area contributed by atoms with Crippen LogP contribution in [0.4, 0.5) is 0 Å². The Bertz CT molecular complexity index is 3790. The fraction of sp³-hybridized carbons (Fsp3) is 0.270. The van der Waals surface area contributed by atoms with Gasteiger partial charge in [0.05, 0.1) is 41.7 Å². The van der Waals surface area contributed by atoms with Crippen LogP contribution in [0.1, 0.15) is 96.7 Å². The smallest absolute Gasteiger partial charge is 0.216 e. The molecule has 0 aliphatic carbocycles. The first-order valence-electron chi connectivity index (χ1n) is 24.7. The van der Waals surface area contributed by atoms with Crippen molar-refractivity contribution < 1.29 is 24.5 Å². The molecule has 0 N–H and O–H groups in total. The van der Waals surface area contributed by atoms with Crippen LogP contribution in [-0.2, 0) is 25.5 Å². The average Bonchev–Trinajstić information content (AvgIpc) is 3.91. The van der Waals surface area contributed by atoms with Crippen molar-refractivity contribution in [1.82, 2.24) is 24.5 Å². The van der Waals surface area contributed by atoms with Crippen molar-refractivity contribution in [3.8, 4) is 28.3 Å². The number of pyridine rings is 3. The predicted octanol–water partition coefficient (Wildman–Crippen LogP) is 16.6. The second kappa shape index (κ2) is 18.7. The molecule has 5 aromatic heterocycles. The number of hydrogen-bond donors (Lipinski definition) is 0. The molecular formula is C63H63IrN5OSi-2. The molecule has 11 rings (SSSR count). The number of nitrogens with zero attached hydrogens (tertiary/aromatic N) is 5. The van der Waals surface area contributed by atoms with Crippen LogP contribution in [0.3, 0.4) is 0 Å². The van der Waals surface area contributed by atoms with Crippen LogP contribution in [-0.4, -0.2) is 32.6 Å². The first kappa shape index (κ1) is 49.7. The fourth-order valence-electron chi connectivity index (χ4n) is 9.80. The summed E-state index contributed by atoms with van der Waals surface area (Å²) in [6.07, 6.45) is 2.04. The molecule has 0 bridgehead atoms. The molecular weight excluding hydrogens is 1060 g/mol. The van der Waals surface area contributed by atoms with Gasteiger partial charge in [0.2, 0.25) is 5.71 Å². The van der Waals surface area contributed by atoms with Gasteiger partial charge >= 0.3 is 0 Å². The Hall–Kier alpha value is -6.31. The van der Waals surface area contributed by atoms with Gasteiger partial charge in [-0.1, -0.05) is 154 Å². The van der Waals surface area contributed by atoms with Gasteiger partial charge in [0.25, 0.3) is 0 Å². The van der Waals surface area contributed by atoms with E-state index in [0.717, 1.165) is 78.0 Å². The Labute approximate surface area is 433 Å². The first-order chi connectivity index (χ1) is 33.3. The van der Waals surface area contributed by atoms with Gasteiger partial charge in [0.1, 0.15) is 0 Å². The number of aryl methyl sites for hydroxylation is 1. The number of imidazole rings is 1. The Balaban J connectivity index is 0.000000251. The van der Waals surface area contributed by atoms with Crippen molar-refractivity contribution in [3.63, 3.8) is 0 Å². The van der Waals surface area contributed by atoms with Crippen molar-refractivity contribution in [2.75, 3.05) is 0 Å². The van der Waals surface area contributed by atoms with E-state index in [4.69, 9.17) is 19.4 Å². The Morgan fingerprint density at radius 3 is 1.96 bits per heavy atom. The van der Waals surface area contributed by atoms with Crippen molar-refractivity contribution in [3.05, 3.63) is 168 Å². The molecule has 0 amide bonds. The quantitative estimate of drug-likeness (QED) is 0.0943. The van der Waals surface area contributed by atoms with Gasteiger partial charge in [-0.25, -0.2) is 4.98 Å². The number of fused-ring (bicyclic) bond motifs is 9. The molecule has 0 aliphatic rings. The van der Waals surface area contributed by atoms with Gasteiger partial charge < -0.3 is 14.0 Å². The molecule has 5 heterocycles. The van der Waals surface area contributed by atoms with E-state index in [0.29, 0.717) is 5.71 Å². The molecule has 1 atom stereocenters. The van der Waals surface area contributed by atoms with Crippen molar-refractivity contribution >= 4 is 78.8 Å². The summed E-state index contributed by atoms with van der Waals surface area (Å²) in [5.41, 5.74) is 13.1. The maximum absolute atomic E-state index is 6.76. The van der Waals surface area contributed by atoms with E-state index in [9.17, 15) is 0 Å². The third kappa shape index (κ3) is 9.16. The van der Waals surface area contributed by atoms with Gasteiger partial charge in [0.15, 0.2) is 0 Å². The standard InChI is InChI=1S/C45H39N4O.C18H24NSi.Ir/c1-25(2)39-30-15-10-8-13-28(30)29-14-9-11-16-31(29)41(39)49-40-34-20-19-26(3)46-37(34)23-24-38(40)47-43(49)35-18-12-17-32-33-21-22-36(27(4)45(5,6)7)48-44(33)50-42(32)35;1-18(2,3)15-9-7-8-14(12-15)17-11-10-16(13-19-17)20(4,5)6;/h8-17,19-25,27H,1-7H3;7,9-13H,1-6H3;/q2*-1;. The van der Waals surface area contributed by atoms with E-state index in [1.54, 1.807) is 0 Å². The number of rotatable bonds is 6. The molecule has 1 unspecified atom stereocenters. The van der Waals surface area contributed by atoms with E-state index in [-0.39, 0.29) is 42.8 Å². The van der Waals surface area contributed by atoms with Crippen LogP contribution in [0.2, 0.25) is 19.6 Å². The molecule has 0 aliphatic heterocycles. The van der Waals surface area contributed by atoms with Crippen molar-refractivity contribution in [2.45, 2.75) is 106 Å². The summed E-state index contributed by atoms with van der Waals surface area (Å²) in [5.74, 6) is 1.26. The summed E-state index contributed by atoms with van der Waals surface area (Å²) in [5, 5.41) is 9.32. The maximum Gasteiger partial charge on any atom is 0.216 e. The predicted molar refractivity (Wildman–Crippen MR) is 298 cm³/mol. The summed E-state index contributed by atoms with van der Waals surface area (Å²) in [7, 11) is -1.27. The number of benzene rings is 6. The van der Waals surface area contributed by atoms with Crippen molar-refractivity contribution in [2.24, 2.45) is 5.41 Å². The monoisotopic (exact) mass is 1130 g/mol. The number of hydrogen-bond acceptors (Lipinski definition) is 5. The van der Waals surface area contributed by atoms with E-state index in [1.807, 2.05) is 25.3 Å². The average molecular weight is 1130 g/mol. The summed E-state index contributed by atoms with van der Waals surface area (Å²) >= 11 is 0. The zero-order chi connectivity index (χ0) is 49.4. The maximum atomic E-state index is 6.76. The van der Waals surface area contributed by atoms with Gasteiger partial charge in [-0.2, -0.15) is 0 Å². The minimum absolute atomic E-state index is 0. The third-order valence-corrected chi connectivity index (χ3v) is 16.3. The summed E-state index contributed by atoms with van der Waals surface area (Å²) in [6, 6.07) is 52.0. The summed E-state index contributed by atoms with van der Waals surface area (Å²) in [6.45, 7) is 29.3. The van der Waals surface area contributed by atoms with Gasteiger partial charge in [0, 0.05) is 59.8 Å². The molecule has 6 aromatic carbocycles. The minimum atomic E-state index is -1.27. The van der Waals surface area contributed by atoms with Gasteiger partial charge in [-0.05, 0) is 92.7 Å². The molecule has 71 heavy (non-hydrogen) atoms. The molecule has 0 saturated carbocycles. The van der Waals surface area contributed by atoms with Crippen LogP contribution >= 0.6 is 0 Å². The Morgan fingerprint density at radius 1 is 0.634 bits per heavy atom. The normalized spacial score (nSPS) is 12.8. The molecule has 6 nitrogen and oxygen atoms in total. The molecule has 0 saturated heterocycles. The zero-order valence-electron chi connectivity index (χ0n) is 43.3. The second-order valence-electron chi connectivity index (χ2n) is 22.5. The minimum Gasteiger partial charge on any atom is -0.486 e. The molecule has 1 radical (unpaired) electrons. The van der Waals surface area contributed by atoms with Gasteiger partial charge in [-0.15, -0.1) is 53.6 Å². The number of aromatic nitrogens is 5. The van der Waals surface area contributed by atoms with Crippen LogP contribution in [0.25, 0.3) is 93.9 Å². The molecule has 361 valence electrons. The van der Waals surface area contributed by atoms with Crippen LogP contribution in [0.15, 0.2) is 138 Å². The summed E-state index contributed by atoms with van der Waals surface area (Å²) < 4.78 is 9.13. The fourth-order valence-corrected chi connectivity index (χ4v) is 10.8. The van der Waals surface area contributed by atoms with E-state index >= 15 is 0 Å². The van der Waals surface area contributed by atoms with E-state index < -0.39 is 8.07 Å². The SMILES string of the molecule is CC(C)(C)c1cc[c-]c(-c2ccc([Si](C)(C)C)cn2)c1.Cc1ccc2c(ccc3nc(-c4[c-]ccc5c4oc4nc(C(C)C(C)(C)C)ccc45)n(-c4c(C(C)C)c5ccccc5c5ccccc45)c32)n1.[Ir]. The third-order valence-electron chi connectivity index (χ3n) is 14.2. The zero-order valence-corrected chi connectivity index (χ0v) is 46.7. The topological polar surface area (TPSA) is 69.6 Å². The largest absolute Gasteiger partial charge is 0.486 e. The van der Waals surface area contributed by atoms with Crippen LogP contribution in [0.5, 0.6) is 0 Å². The molecule has 8 heteroatoms. The van der Waals surface area contributed by atoms with Gasteiger partial charge in [-0.3, -0.25) is 9.97 Å². The molecule has 11 aromatic rings. The van der Waals surface area contributed by atoms with Crippen LogP contribution in [0, 0.1) is 24.5 Å². The van der Waals surface area contributed by atoms with Crippen molar-refractivity contribution in [1.29, 1.82) is 0 Å². The summed E-state index contributed by atoms with van der Waals surface area (Å²) in [4.78, 5) is 20.1. The Morgan fingerprint density at radius 2 is 1.30 bits per heavy atom. The first-order valence-corrected chi connectivity index (χ1v) is 28.2. The van der Waals surface area contributed by atoms with E-state index in [2.05, 4.69) is 219 Å². The van der Waals surface area contributed by atoms with Crippen LogP contribution < -0.4 is 5.19 Å². The molecule has 0 spiro atoms. The molecule has 0 fully saturated rings. The second-order valence-corrected chi connectivity index (χ2v) is 27.6. The van der Waals surface area contributed by atoms with E-state index in [1.165, 1.54) is 37.9 Å². The Kier molecular flexibility index (Phi) is 13.1.